The van der Waals surface area contributed by atoms with Gasteiger partial charge in [-0.05, 0) is 11.4 Å². The summed E-state index contributed by atoms with van der Waals surface area (Å²) in [5, 5.41) is 2.13. The van der Waals surface area contributed by atoms with Crippen LogP contribution in [0.4, 0.5) is 11.5 Å². The predicted octanol–water partition coefficient (Wildman–Crippen LogP) is 1.97. The first kappa shape index (κ1) is 13.3. The number of anilines is 2. The topological polar surface area (TPSA) is 37.8 Å². The molecule has 0 aliphatic carbocycles. The smallest absolute Gasteiger partial charge is 0.131 e. The van der Waals surface area contributed by atoms with Crippen LogP contribution in [0.1, 0.15) is 0 Å². The van der Waals surface area contributed by atoms with Gasteiger partial charge in [-0.2, -0.15) is 0 Å². The fourth-order valence-electron chi connectivity index (χ4n) is 2.92. The Labute approximate surface area is 128 Å². The van der Waals surface area contributed by atoms with Gasteiger partial charge in [-0.15, -0.1) is 11.3 Å². The molecule has 21 heavy (non-hydrogen) atoms. The van der Waals surface area contributed by atoms with Crippen LogP contribution in [0.25, 0.3) is 10.2 Å². The summed E-state index contributed by atoms with van der Waals surface area (Å²) < 4.78 is 12.2. The summed E-state index contributed by atoms with van der Waals surface area (Å²) in [5.74, 6) is 1.07. The second-order valence-corrected chi connectivity index (χ2v) is 6.25. The van der Waals surface area contributed by atoms with E-state index in [2.05, 4.69) is 27.3 Å². The van der Waals surface area contributed by atoms with Crippen molar-refractivity contribution in [3.05, 3.63) is 17.5 Å². The van der Waals surface area contributed by atoms with Crippen molar-refractivity contribution in [2.24, 2.45) is 0 Å². The molecule has 2 saturated heterocycles. The van der Waals surface area contributed by atoms with Crippen LogP contribution in [0.15, 0.2) is 17.5 Å². The predicted molar refractivity (Wildman–Crippen MR) is 85.7 cm³/mol. The molecule has 0 bridgehead atoms. The van der Waals surface area contributed by atoms with Crippen LogP contribution in [0, 0.1) is 0 Å². The van der Waals surface area contributed by atoms with Crippen molar-refractivity contribution < 1.29 is 9.47 Å². The normalized spacial score (nSPS) is 20.2. The largest absolute Gasteiger partial charge is 0.378 e. The molecule has 0 aromatic carbocycles. The van der Waals surface area contributed by atoms with Crippen molar-refractivity contribution >= 4 is 33.1 Å². The maximum atomic E-state index is 5.48. The summed E-state index contributed by atoms with van der Waals surface area (Å²) in [5.41, 5.74) is 2.41. The first-order valence-corrected chi connectivity index (χ1v) is 8.33. The van der Waals surface area contributed by atoms with Crippen molar-refractivity contribution in [1.29, 1.82) is 0 Å². The maximum absolute atomic E-state index is 5.48. The summed E-state index contributed by atoms with van der Waals surface area (Å²) in [6.07, 6.45) is 0. The third-order valence-electron chi connectivity index (χ3n) is 4.06. The highest BCUT2D eigenvalue weighted by molar-refractivity contribution is 7.17. The van der Waals surface area contributed by atoms with E-state index in [1.54, 1.807) is 11.3 Å². The summed E-state index contributed by atoms with van der Waals surface area (Å²) in [4.78, 5) is 9.59. The van der Waals surface area contributed by atoms with E-state index < -0.39 is 0 Å². The number of fused-ring (bicyclic) bond motifs is 1. The van der Waals surface area contributed by atoms with Gasteiger partial charge in [0.2, 0.25) is 0 Å². The van der Waals surface area contributed by atoms with Gasteiger partial charge in [-0.25, -0.2) is 4.98 Å². The molecule has 4 rings (SSSR count). The highest BCUT2D eigenvalue weighted by atomic mass is 32.1. The molecule has 2 aromatic rings. The number of hydrogen-bond acceptors (Lipinski definition) is 6. The van der Waals surface area contributed by atoms with E-state index in [9.17, 15) is 0 Å². The number of rotatable bonds is 2. The van der Waals surface area contributed by atoms with E-state index in [1.807, 2.05) is 0 Å². The van der Waals surface area contributed by atoms with Gasteiger partial charge < -0.3 is 19.3 Å². The Morgan fingerprint density at radius 2 is 1.62 bits per heavy atom. The van der Waals surface area contributed by atoms with Gasteiger partial charge in [-0.1, -0.05) is 0 Å². The average molecular weight is 305 g/mol. The zero-order valence-corrected chi connectivity index (χ0v) is 12.8. The summed E-state index contributed by atoms with van der Waals surface area (Å²) in [6.45, 7) is 6.95. The highest BCUT2D eigenvalue weighted by Crippen LogP contribution is 2.34. The lowest BCUT2D eigenvalue weighted by Gasteiger charge is -2.32. The lowest BCUT2D eigenvalue weighted by Crippen LogP contribution is -2.38. The van der Waals surface area contributed by atoms with Crippen LogP contribution >= 0.6 is 11.3 Å². The fourth-order valence-corrected chi connectivity index (χ4v) is 3.80. The summed E-state index contributed by atoms with van der Waals surface area (Å²) in [7, 11) is 0. The van der Waals surface area contributed by atoms with E-state index in [0.29, 0.717) is 0 Å². The van der Waals surface area contributed by atoms with Gasteiger partial charge in [0.15, 0.2) is 0 Å². The Morgan fingerprint density at radius 1 is 0.952 bits per heavy atom. The van der Waals surface area contributed by atoms with Crippen molar-refractivity contribution in [3.63, 3.8) is 0 Å². The molecule has 2 aliphatic heterocycles. The number of aromatic nitrogens is 1. The third kappa shape index (κ3) is 2.59. The van der Waals surface area contributed by atoms with Crippen molar-refractivity contribution in [1.82, 2.24) is 4.98 Å². The van der Waals surface area contributed by atoms with Crippen LogP contribution < -0.4 is 9.80 Å². The van der Waals surface area contributed by atoms with E-state index in [4.69, 9.17) is 14.5 Å². The van der Waals surface area contributed by atoms with Crippen LogP contribution in [-0.2, 0) is 9.47 Å². The Hall–Kier alpha value is -1.37. The Kier molecular flexibility index (Phi) is 3.67. The van der Waals surface area contributed by atoms with Gasteiger partial charge in [0.25, 0.3) is 0 Å². The molecular weight excluding hydrogens is 286 g/mol. The van der Waals surface area contributed by atoms with Crippen LogP contribution in [0.2, 0.25) is 0 Å². The molecule has 0 amide bonds. The number of thiophene rings is 1. The first-order valence-electron chi connectivity index (χ1n) is 7.45. The molecule has 0 N–H and O–H groups in total. The number of nitrogens with zero attached hydrogens (tertiary/aromatic N) is 3. The van der Waals surface area contributed by atoms with Crippen LogP contribution in [-0.4, -0.2) is 57.6 Å². The quantitative estimate of drug-likeness (QED) is 0.848. The zero-order valence-electron chi connectivity index (χ0n) is 12.0. The number of pyridine rings is 1. The summed E-state index contributed by atoms with van der Waals surface area (Å²) >= 11 is 1.77. The molecule has 6 heteroatoms. The van der Waals surface area contributed by atoms with Crippen molar-refractivity contribution in [3.8, 4) is 0 Å². The molecule has 0 saturated carbocycles. The lowest BCUT2D eigenvalue weighted by molar-refractivity contribution is 0.122. The molecule has 5 nitrogen and oxygen atoms in total. The van der Waals surface area contributed by atoms with Gasteiger partial charge in [0.1, 0.15) is 5.82 Å². The van der Waals surface area contributed by atoms with Crippen LogP contribution in [0.3, 0.4) is 0 Å². The van der Waals surface area contributed by atoms with E-state index in [-0.39, 0.29) is 0 Å². The summed E-state index contributed by atoms with van der Waals surface area (Å²) in [6, 6.07) is 4.36. The molecule has 0 unspecified atom stereocenters. The molecule has 0 spiro atoms. The standard InChI is InChI=1S/C15H19N3O2S/c1-10-21-15-12(1)16-14(18-4-8-20-9-5-18)11-13(15)17-2-6-19-7-3-17/h1,10-11H,2-9H2. The van der Waals surface area contributed by atoms with Gasteiger partial charge in [-0.3, -0.25) is 0 Å². The van der Waals surface area contributed by atoms with Crippen LogP contribution in [0.5, 0.6) is 0 Å². The second-order valence-electron chi connectivity index (χ2n) is 5.33. The lowest BCUT2D eigenvalue weighted by atomic mass is 10.2. The Bertz CT molecular complexity index is 618. The van der Waals surface area contributed by atoms with Gasteiger partial charge >= 0.3 is 0 Å². The number of hydrogen-bond donors (Lipinski definition) is 0. The third-order valence-corrected chi connectivity index (χ3v) is 4.99. The second kappa shape index (κ2) is 5.79. The monoisotopic (exact) mass is 305 g/mol. The molecule has 0 radical (unpaired) electrons. The van der Waals surface area contributed by atoms with Crippen molar-refractivity contribution in [2.45, 2.75) is 0 Å². The minimum atomic E-state index is 0.788. The van der Waals surface area contributed by atoms with Crippen molar-refractivity contribution in [2.75, 3.05) is 62.4 Å². The highest BCUT2D eigenvalue weighted by Gasteiger charge is 2.19. The Balaban J connectivity index is 1.74. The SMILES string of the molecule is c1cc2nc(N3CCOCC3)cc(N3CCOCC3)c2s1. The van der Waals surface area contributed by atoms with E-state index in [1.165, 1.54) is 10.4 Å². The van der Waals surface area contributed by atoms with E-state index >= 15 is 0 Å². The molecule has 4 heterocycles. The minimum Gasteiger partial charge on any atom is -0.378 e. The molecule has 2 fully saturated rings. The molecule has 112 valence electrons. The van der Waals surface area contributed by atoms with Gasteiger partial charge in [0, 0.05) is 32.2 Å². The Morgan fingerprint density at radius 3 is 2.33 bits per heavy atom. The molecule has 2 aliphatic rings. The average Bonchev–Trinajstić information content (AvgIpc) is 3.04. The van der Waals surface area contributed by atoms with Gasteiger partial charge in [0.05, 0.1) is 42.3 Å². The number of ether oxygens (including phenoxy) is 2. The molecule has 2 aromatic heterocycles. The zero-order chi connectivity index (χ0) is 14.1. The fraction of sp³-hybridized carbons (Fsp3) is 0.533. The molecule has 0 atom stereocenters. The number of morpholine rings is 2. The molecular formula is C15H19N3O2S. The first-order chi connectivity index (χ1) is 10.4. The minimum absolute atomic E-state index is 0.788. The maximum Gasteiger partial charge on any atom is 0.131 e. The van der Waals surface area contributed by atoms with E-state index in [0.717, 1.165) is 63.9 Å².